The first-order valence-electron chi connectivity index (χ1n) is 7.16. The largest absolute Gasteiger partial charge is 0.395 e. The van der Waals surface area contributed by atoms with Crippen molar-refractivity contribution in [2.75, 3.05) is 24.6 Å². The molecule has 0 aromatic heterocycles. The number of benzene rings is 1. The minimum atomic E-state index is 0.143. The van der Waals surface area contributed by atoms with Crippen LogP contribution >= 0.6 is 0 Å². The van der Waals surface area contributed by atoms with Gasteiger partial charge in [-0.05, 0) is 44.9 Å². The SMILES string of the molecule is CCCN(CCO)c1ccc(CNC(C)(C)C)cc1. The standard InChI is InChI=1S/C16H28N2O/c1-5-10-18(11-12-19)15-8-6-14(7-9-15)13-17-16(2,3)4/h6-9,17,19H,5,10-13H2,1-4H3. The van der Waals surface area contributed by atoms with Gasteiger partial charge in [-0.25, -0.2) is 0 Å². The molecule has 0 aliphatic carbocycles. The summed E-state index contributed by atoms with van der Waals surface area (Å²) in [4.78, 5) is 2.22. The maximum atomic E-state index is 9.10. The van der Waals surface area contributed by atoms with E-state index < -0.39 is 0 Å². The van der Waals surface area contributed by atoms with E-state index in [9.17, 15) is 0 Å². The smallest absolute Gasteiger partial charge is 0.0606 e. The van der Waals surface area contributed by atoms with E-state index in [2.05, 4.69) is 62.2 Å². The van der Waals surface area contributed by atoms with Crippen molar-refractivity contribution in [1.82, 2.24) is 5.32 Å². The fraction of sp³-hybridized carbons (Fsp3) is 0.625. The van der Waals surface area contributed by atoms with Crippen LogP contribution in [0, 0.1) is 0 Å². The summed E-state index contributed by atoms with van der Waals surface area (Å²) in [5.74, 6) is 0. The molecule has 3 heteroatoms. The molecule has 3 nitrogen and oxygen atoms in total. The van der Waals surface area contributed by atoms with Crippen LogP contribution in [0.4, 0.5) is 5.69 Å². The van der Waals surface area contributed by atoms with Crippen molar-refractivity contribution in [3.8, 4) is 0 Å². The predicted molar refractivity (Wildman–Crippen MR) is 82.6 cm³/mol. The van der Waals surface area contributed by atoms with Crippen LogP contribution in [0.3, 0.4) is 0 Å². The van der Waals surface area contributed by atoms with E-state index in [0.29, 0.717) is 6.54 Å². The molecule has 19 heavy (non-hydrogen) atoms. The number of hydrogen-bond donors (Lipinski definition) is 2. The molecule has 1 aromatic carbocycles. The number of nitrogens with zero attached hydrogens (tertiary/aromatic N) is 1. The zero-order valence-electron chi connectivity index (χ0n) is 12.7. The Hall–Kier alpha value is -1.06. The third-order valence-electron chi connectivity index (χ3n) is 2.99. The normalized spacial score (nSPS) is 11.6. The Bertz CT molecular complexity index is 348. The molecule has 0 radical (unpaired) electrons. The Balaban J connectivity index is 2.63. The molecule has 0 spiro atoms. The van der Waals surface area contributed by atoms with E-state index in [0.717, 1.165) is 19.5 Å². The molecule has 1 aromatic rings. The van der Waals surface area contributed by atoms with Gasteiger partial charge in [0.1, 0.15) is 0 Å². The molecule has 0 amide bonds. The zero-order chi connectivity index (χ0) is 14.3. The Morgan fingerprint density at radius 1 is 1.11 bits per heavy atom. The van der Waals surface area contributed by atoms with Gasteiger partial charge in [0, 0.05) is 30.9 Å². The number of anilines is 1. The van der Waals surface area contributed by atoms with Crippen molar-refractivity contribution >= 4 is 5.69 Å². The molecule has 0 unspecified atom stereocenters. The summed E-state index contributed by atoms with van der Waals surface area (Å²) in [6, 6.07) is 8.61. The van der Waals surface area contributed by atoms with E-state index in [1.165, 1.54) is 11.3 Å². The molecular weight excluding hydrogens is 236 g/mol. The summed E-state index contributed by atoms with van der Waals surface area (Å²) in [6.07, 6.45) is 1.09. The number of rotatable bonds is 7. The molecule has 0 saturated heterocycles. The fourth-order valence-electron chi connectivity index (χ4n) is 1.95. The highest BCUT2D eigenvalue weighted by Crippen LogP contribution is 2.16. The van der Waals surface area contributed by atoms with Gasteiger partial charge < -0.3 is 15.3 Å². The van der Waals surface area contributed by atoms with Crippen LogP contribution in [-0.4, -0.2) is 30.3 Å². The topological polar surface area (TPSA) is 35.5 Å². The fourth-order valence-corrected chi connectivity index (χ4v) is 1.95. The quantitative estimate of drug-likeness (QED) is 0.795. The van der Waals surface area contributed by atoms with Crippen molar-refractivity contribution in [3.63, 3.8) is 0 Å². The van der Waals surface area contributed by atoms with Crippen LogP contribution in [0.5, 0.6) is 0 Å². The van der Waals surface area contributed by atoms with E-state index >= 15 is 0 Å². The van der Waals surface area contributed by atoms with Crippen molar-refractivity contribution < 1.29 is 5.11 Å². The Labute approximate surface area is 117 Å². The lowest BCUT2D eigenvalue weighted by molar-refractivity contribution is 0.302. The van der Waals surface area contributed by atoms with Crippen LogP contribution < -0.4 is 10.2 Å². The molecule has 0 fully saturated rings. The molecule has 0 heterocycles. The molecule has 0 aliphatic rings. The van der Waals surface area contributed by atoms with Gasteiger partial charge in [-0.3, -0.25) is 0 Å². The van der Waals surface area contributed by atoms with Crippen LogP contribution in [0.25, 0.3) is 0 Å². The second-order valence-electron chi connectivity index (χ2n) is 5.98. The number of aliphatic hydroxyl groups is 1. The van der Waals surface area contributed by atoms with Crippen LogP contribution in [0.2, 0.25) is 0 Å². The maximum absolute atomic E-state index is 9.10. The van der Waals surface area contributed by atoms with Gasteiger partial charge in [-0.2, -0.15) is 0 Å². The first kappa shape index (κ1) is 16.0. The van der Waals surface area contributed by atoms with Crippen LogP contribution in [-0.2, 0) is 6.54 Å². The molecule has 1 rings (SSSR count). The molecule has 0 saturated carbocycles. The van der Waals surface area contributed by atoms with Gasteiger partial charge >= 0.3 is 0 Å². The summed E-state index contributed by atoms with van der Waals surface area (Å²) < 4.78 is 0. The first-order chi connectivity index (χ1) is 8.96. The van der Waals surface area contributed by atoms with E-state index in [4.69, 9.17) is 5.11 Å². The van der Waals surface area contributed by atoms with E-state index in [1.807, 2.05) is 0 Å². The van der Waals surface area contributed by atoms with Gasteiger partial charge in [0.05, 0.1) is 6.61 Å². The highest BCUT2D eigenvalue weighted by atomic mass is 16.3. The predicted octanol–water partition coefficient (Wildman–Crippen LogP) is 2.78. The first-order valence-corrected chi connectivity index (χ1v) is 7.16. The Morgan fingerprint density at radius 2 is 1.74 bits per heavy atom. The highest BCUT2D eigenvalue weighted by molar-refractivity contribution is 5.47. The molecule has 0 atom stereocenters. The van der Waals surface area contributed by atoms with E-state index in [-0.39, 0.29) is 12.1 Å². The summed E-state index contributed by atoms with van der Waals surface area (Å²) in [5, 5.41) is 12.6. The van der Waals surface area contributed by atoms with Crippen molar-refractivity contribution in [1.29, 1.82) is 0 Å². The van der Waals surface area contributed by atoms with Gasteiger partial charge in [0.15, 0.2) is 0 Å². The number of aliphatic hydroxyl groups excluding tert-OH is 1. The molecule has 108 valence electrons. The molecular formula is C16H28N2O. The summed E-state index contributed by atoms with van der Waals surface area (Å²) in [6.45, 7) is 11.5. The van der Waals surface area contributed by atoms with Crippen molar-refractivity contribution in [2.45, 2.75) is 46.2 Å². The van der Waals surface area contributed by atoms with Crippen molar-refractivity contribution in [2.24, 2.45) is 0 Å². The summed E-state index contributed by atoms with van der Waals surface area (Å²) >= 11 is 0. The second-order valence-corrected chi connectivity index (χ2v) is 5.98. The van der Waals surface area contributed by atoms with Gasteiger partial charge in [0.25, 0.3) is 0 Å². The lowest BCUT2D eigenvalue weighted by Gasteiger charge is -2.24. The number of hydrogen-bond acceptors (Lipinski definition) is 3. The zero-order valence-corrected chi connectivity index (χ0v) is 12.7. The third-order valence-corrected chi connectivity index (χ3v) is 2.99. The minimum absolute atomic E-state index is 0.143. The molecule has 2 N–H and O–H groups in total. The Kier molecular flexibility index (Phi) is 6.32. The lowest BCUT2D eigenvalue weighted by Crippen LogP contribution is -2.35. The minimum Gasteiger partial charge on any atom is -0.395 e. The van der Waals surface area contributed by atoms with Crippen LogP contribution in [0.15, 0.2) is 24.3 Å². The van der Waals surface area contributed by atoms with Gasteiger partial charge in [-0.1, -0.05) is 19.1 Å². The summed E-state index contributed by atoms with van der Waals surface area (Å²) in [7, 11) is 0. The van der Waals surface area contributed by atoms with Gasteiger partial charge in [-0.15, -0.1) is 0 Å². The second kappa shape index (κ2) is 7.51. The summed E-state index contributed by atoms with van der Waals surface area (Å²) in [5.41, 5.74) is 2.62. The highest BCUT2D eigenvalue weighted by Gasteiger charge is 2.09. The average Bonchev–Trinajstić information content (AvgIpc) is 2.36. The monoisotopic (exact) mass is 264 g/mol. The average molecular weight is 264 g/mol. The molecule has 0 bridgehead atoms. The van der Waals surface area contributed by atoms with Gasteiger partial charge in [0.2, 0.25) is 0 Å². The lowest BCUT2D eigenvalue weighted by atomic mass is 10.1. The van der Waals surface area contributed by atoms with E-state index in [1.54, 1.807) is 0 Å². The number of nitrogens with one attached hydrogen (secondary N) is 1. The molecule has 0 aliphatic heterocycles. The maximum Gasteiger partial charge on any atom is 0.0606 e. The third kappa shape index (κ3) is 6.08. The van der Waals surface area contributed by atoms with Crippen LogP contribution in [0.1, 0.15) is 39.7 Å². The Morgan fingerprint density at radius 3 is 2.21 bits per heavy atom. The van der Waals surface area contributed by atoms with Crippen molar-refractivity contribution in [3.05, 3.63) is 29.8 Å².